The number of nitrogens with zero attached hydrogens (tertiary/aromatic N) is 3. The van der Waals surface area contributed by atoms with Gasteiger partial charge in [-0.15, -0.1) is 11.3 Å². The average molecular weight is 360 g/mol. The van der Waals surface area contributed by atoms with Crippen LogP contribution in [0.2, 0.25) is 0 Å². The summed E-state index contributed by atoms with van der Waals surface area (Å²) in [7, 11) is 0. The van der Waals surface area contributed by atoms with Gasteiger partial charge < -0.3 is 9.84 Å². The Balaban J connectivity index is 1.78. The first-order chi connectivity index (χ1) is 11.9. The lowest BCUT2D eigenvalue weighted by Gasteiger charge is -2.09. The highest BCUT2D eigenvalue weighted by atomic mass is 32.1. The Labute approximate surface area is 148 Å². The number of aryl methyl sites for hydroxylation is 4. The summed E-state index contributed by atoms with van der Waals surface area (Å²) in [5.41, 5.74) is 1.60. The number of hydrogen-bond donors (Lipinski definition) is 1. The maximum Gasteiger partial charge on any atom is 0.263 e. The summed E-state index contributed by atoms with van der Waals surface area (Å²) < 4.78 is 6.55. The van der Waals surface area contributed by atoms with Gasteiger partial charge in [-0.05, 0) is 32.8 Å². The number of amides is 1. The van der Waals surface area contributed by atoms with Crippen molar-refractivity contribution in [3.05, 3.63) is 44.1 Å². The molecule has 3 aromatic rings. The minimum atomic E-state index is -0.273. The van der Waals surface area contributed by atoms with Gasteiger partial charge in [-0.3, -0.25) is 14.2 Å². The Morgan fingerprint density at radius 2 is 2.12 bits per heavy atom. The van der Waals surface area contributed by atoms with Crippen LogP contribution in [0, 0.1) is 20.8 Å². The summed E-state index contributed by atoms with van der Waals surface area (Å²) in [6, 6.07) is 1.81. The minimum Gasteiger partial charge on any atom is -0.359 e. The van der Waals surface area contributed by atoms with E-state index in [1.807, 2.05) is 26.8 Å². The van der Waals surface area contributed by atoms with Gasteiger partial charge in [0.1, 0.15) is 17.2 Å². The van der Waals surface area contributed by atoms with Gasteiger partial charge in [0, 0.05) is 10.9 Å². The third-order valence-electron chi connectivity index (χ3n) is 4.21. The molecule has 0 radical (unpaired) electrons. The van der Waals surface area contributed by atoms with Crippen molar-refractivity contribution in [1.29, 1.82) is 0 Å². The SMILES string of the molecule is CCc1cc(CNC(=O)Cn2c(C)nc3sc(C)c(C)c3c2=O)on1. The van der Waals surface area contributed by atoms with Crippen LogP contribution in [0.5, 0.6) is 0 Å². The average Bonchev–Trinajstić information content (AvgIpc) is 3.14. The maximum absolute atomic E-state index is 12.8. The van der Waals surface area contributed by atoms with E-state index >= 15 is 0 Å². The molecule has 25 heavy (non-hydrogen) atoms. The van der Waals surface area contributed by atoms with E-state index in [2.05, 4.69) is 15.5 Å². The summed E-state index contributed by atoms with van der Waals surface area (Å²) in [6.45, 7) is 7.76. The molecule has 8 heteroatoms. The quantitative estimate of drug-likeness (QED) is 0.754. The van der Waals surface area contributed by atoms with Crippen molar-refractivity contribution in [2.75, 3.05) is 0 Å². The number of fused-ring (bicyclic) bond motifs is 1. The normalized spacial score (nSPS) is 11.2. The van der Waals surface area contributed by atoms with E-state index in [9.17, 15) is 9.59 Å². The van der Waals surface area contributed by atoms with Crippen molar-refractivity contribution in [3.63, 3.8) is 0 Å². The summed E-state index contributed by atoms with van der Waals surface area (Å²) in [5, 5.41) is 7.23. The largest absolute Gasteiger partial charge is 0.359 e. The predicted octanol–water partition coefficient (Wildman–Crippen LogP) is 2.25. The molecule has 0 unspecified atom stereocenters. The van der Waals surface area contributed by atoms with Crippen LogP contribution in [0.3, 0.4) is 0 Å². The van der Waals surface area contributed by atoms with Crippen molar-refractivity contribution in [1.82, 2.24) is 20.0 Å². The summed E-state index contributed by atoms with van der Waals surface area (Å²) in [5.74, 6) is 0.847. The van der Waals surface area contributed by atoms with Crippen molar-refractivity contribution in [2.24, 2.45) is 0 Å². The number of nitrogens with one attached hydrogen (secondary N) is 1. The third kappa shape index (κ3) is 3.34. The second-order valence-corrected chi connectivity index (χ2v) is 7.13. The first kappa shape index (κ1) is 17.3. The zero-order valence-corrected chi connectivity index (χ0v) is 15.5. The van der Waals surface area contributed by atoms with E-state index in [4.69, 9.17) is 4.52 Å². The number of aromatic nitrogens is 3. The zero-order valence-electron chi connectivity index (χ0n) is 14.7. The highest BCUT2D eigenvalue weighted by Crippen LogP contribution is 2.26. The highest BCUT2D eigenvalue weighted by molar-refractivity contribution is 7.18. The monoisotopic (exact) mass is 360 g/mol. The lowest BCUT2D eigenvalue weighted by atomic mass is 10.2. The van der Waals surface area contributed by atoms with E-state index in [0.29, 0.717) is 17.0 Å². The molecule has 0 aliphatic heterocycles. The Hall–Kier alpha value is -2.48. The fourth-order valence-corrected chi connectivity index (χ4v) is 3.67. The van der Waals surface area contributed by atoms with Crippen LogP contribution in [0.4, 0.5) is 0 Å². The van der Waals surface area contributed by atoms with Gasteiger partial charge in [-0.1, -0.05) is 12.1 Å². The summed E-state index contributed by atoms with van der Waals surface area (Å²) in [4.78, 5) is 31.3. The molecule has 132 valence electrons. The molecule has 0 saturated heterocycles. The molecule has 0 saturated carbocycles. The number of thiophene rings is 1. The van der Waals surface area contributed by atoms with Gasteiger partial charge in [-0.2, -0.15) is 0 Å². The number of carbonyl (C=O) groups is 1. The molecular formula is C17H20N4O3S. The predicted molar refractivity (Wildman–Crippen MR) is 95.8 cm³/mol. The standard InChI is InChI=1S/C17H20N4O3S/c1-5-12-6-13(24-20-12)7-18-14(22)8-21-11(4)19-16-15(17(21)23)9(2)10(3)25-16/h6H,5,7-8H2,1-4H3,(H,18,22). The van der Waals surface area contributed by atoms with E-state index in [0.717, 1.165) is 27.4 Å². The van der Waals surface area contributed by atoms with E-state index < -0.39 is 0 Å². The van der Waals surface area contributed by atoms with Gasteiger partial charge >= 0.3 is 0 Å². The summed E-state index contributed by atoms with van der Waals surface area (Å²) in [6.07, 6.45) is 0.775. The van der Waals surface area contributed by atoms with Crippen LogP contribution in [-0.2, 0) is 24.3 Å². The molecule has 0 aliphatic rings. The lowest BCUT2D eigenvalue weighted by molar-refractivity contribution is -0.122. The Kier molecular flexibility index (Phi) is 4.71. The first-order valence-electron chi connectivity index (χ1n) is 8.09. The molecule has 3 rings (SSSR count). The van der Waals surface area contributed by atoms with Crippen molar-refractivity contribution in [3.8, 4) is 0 Å². The molecule has 0 fully saturated rings. The minimum absolute atomic E-state index is 0.0727. The van der Waals surface area contributed by atoms with Crippen LogP contribution in [0.25, 0.3) is 10.2 Å². The fraction of sp³-hybridized carbons (Fsp3) is 0.412. The molecule has 3 heterocycles. The van der Waals surface area contributed by atoms with E-state index in [-0.39, 0.29) is 24.6 Å². The van der Waals surface area contributed by atoms with Crippen molar-refractivity contribution >= 4 is 27.5 Å². The maximum atomic E-state index is 12.8. The topological polar surface area (TPSA) is 90.0 Å². The Morgan fingerprint density at radius 3 is 2.80 bits per heavy atom. The van der Waals surface area contributed by atoms with Crippen LogP contribution < -0.4 is 10.9 Å². The smallest absolute Gasteiger partial charge is 0.263 e. The van der Waals surface area contributed by atoms with Crippen LogP contribution in [-0.4, -0.2) is 20.6 Å². The van der Waals surface area contributed by atoms with Gasteiger partial charge in [0.25, 0.3) is 5.56 Å². The molecule has 1 N–H and O–H groups in total. The second kappa shape index (κ2) is 6.79. The zero-order chi connectivity index (χ0) is 18.1. The van der Waals surface area contributed by atoms with Gasteiger partial charge in [0.2, 0.25) is 5.91 Å². The molecule has 1 amide bonds. The molecule has 3 aromatic heterocycles. The molecule has 0 aliphatic carbocycles. The van der Waals surface area contributed by atoms with Crippen molar-refractivity contribution < 1.29 is 9.32 Å². The molecule has 0 aromatic carbocycles. The molecule has 7 nitrogen and oxygen atoms in total. The lowest BCUT2D eigenvalue weighted by Crippen LogP contribution is -2.33. The van der Waals surface area contributed by atoms with E-state index in [1.165, 1.54) is 15.9 Å². The second-order valence-electron chi connectivity index (χ2n) is 5.93. The Morgan fingerprint density at radius 1 is 1.36 bits per heavy atom. The van der Waals surface area contributed by atoms with Crippen molar-refractivity contribution in [2.45, 2.75) is 47.2 Å². The molecule has 0 bridgehead atoms. The first-order valence-corrected chi connectivity index (χ1v) is 8.90. The summed E-state index contributed by atoms with van der Waals surface area (Å²) >= 11 is 1.50. The van der Waals surface area contributed by atoms with Crippen LogP contribution in [0.1, 0.15) is 34.6 Å². The molecular weight excluding hydrogens is 340 g/mol. The molecule has 0 spiro atoms. The number of hydrogen-bond acceptors (Lipinski definition) is 6. The van der Waals surface area contributed by atoms with Gasteiger partial charge in [-0.25, -0.2) is 4.98 Å². The third-order valence-corrected chi connectivity index (χ3v) is 5.31. The van der Waals surface area contributed by atoms with E-state index in [1.54, 1.807) is 6.92 Å². The fourth-order valence-electron chi connectivity index (χ4n) is 2.61. The van der Waals surface area contributed by atoms with Crippen LogP contribution >= 0.6 is 11.3 Å². The highest BCUT2D eigenvalue weighted by Gasteiger charge is 2.16. The number of carbonyl (C=O) groups excluding carboxylic acids is 1. The Bertz CT molecular complexity index is 999. The number of rotatable bonds is 5. The molecule has 0 atom stereocenters. The van der Waals surface area contributed by atoms with Crippen LogP contribution in [0.15, 0.2) is 15.4 Å². The van der Waals surface area contributed by atoms with Gasteiger partial charge in [0.15, 0.2) is 5.76 Å². The van der Waals surface area contributed by atoms with Gasteiger partial charge in [0.05, 0.1) is 17.6 Å².